The maximum absolute atomic E-state index is 12.7. The maximum Gasteiger partial charge on any atom is 0.259 e. The van der Waals surface area contributed by atoms with Crippen LogP contribution in [0, 0.1) is 5.92 Å². The van der Waals surface area contributed by atoms with E-state index in [1.54, 1.807) is 23.1 Å². The average molecular weight is 430 g/mol. The lowest BCUT2D eigenvalue weighted by Crippen LogP contribution is -2.41. The number of ether oxygens (including phenoxy) is 1. The number of hydrogen-bond acceptors (Lipinski definition) is 6. The minimum Gasteiger partial charge on any atom is -0.492 e. The van der Waals surface area contributed by atoms with Crippen molar-refractivity contribution >= 4 is 21.8 Å². The van der Waals surface area contributed by atoms with E-state index in [0.29, 0.717) is 42.1 Å². The van der Waals surface area contributed by atoms with Crippen LogP contribution in [-0.4, -0.2) is 49.7 Å². The quantitative estimate of drug-likeness (QED) is 0.738. The Morgan fingerprint density at radius 3 is 2.90 bits per heavy atom. The van der Waals surface area contributed by atoms with Crippen molar-refractivity contribution in [2.24, 2.45) is 16.0 Å². The molecule has 0 saturated carbocycles. The van der Waals surface area contributed by atoms with Crippen LogP contribution in [0.1, 0.15) is 34.3 Å². The van der Waals surface area contributed by atoms with Crippen molar-refractivity contribution in [1.82, 2.24) is 9.88 Å². The molecule has 3 N–H and O–H groups in total. The van der Waals surface area contributed by atoms with E-state index in [4.69, 9.17) is 10.5 Å². The summed E-state index contributed by atoms with van der Waals surface area (Å²) in [5, 5.41) is 0. The van der Waals surface area contributed by atoms with Crippen molar-refractivity contribution in [3.63, 3.8) is 0 Å². The predicted molar refractivity (Wildman–Crippen MR) is 111 cm³/mol. The Hall–Kier alpha value is -3.14. The molecule has 0 spiro atoms. The van der Waals surface area contributed by atoms with Gasteiger partial charge >= 0.3 is 0 Å². The Balaban J connectivity index is 1.44. The number of benzene rings is 1. The van der Waals surface area contributed by atoms with E-state index < -0.39 is 10.0 Å². The number of hydrogen-bond donors (Lipinski definition) is 2. The number of aromatic nitrogens is 1. The van der Waals surface area contributed by atoms with Gasteiger partial charge in [0.05, 0.1) is 23.5 Å². The first-order valence-corrected chi connectivity index (χ1v) is 11.2. The van der Waals surface area contributed by atoms with E-state index in [9.17, 15) is 18.0 Å². The molecule has 1 atom stereocenters. The van der Waals surface area contributed by atoms with E-state index in [-0.39, 0.29) is 29.0 Å². The van der Waals surface area contributed by atoms with E-state index in [2.05, 4.69) is 9.38 Å². The molecule has 158 valence electrons. The van der Waals surface area contributed by atoms with Gasteiger partial charge in [-0.25, -0.2) is 8.42 Å². The molecule has 1 aromatic heterocycles. The third-order valence-corrected chi connectivity index (χ3v) is 6.41. The van der Waals surface area contributed by atoms with Crippen LogP contribution >= 0.6 is 0 Å². The van der Waals surface area contributed by atoms with Crippen molar-refractivity contribution in [2.75, 3.05) is 19.7 Å². The van der Waals surface area contributed by atoms with Crippen LogP contribution in [0.4, 0.5) is 0 Å². The van der Waals surface area contributed by atoms with Gasteiger partial charge in [0.25, 0.3) is 15.9 Å². The van der Waals surface area contributed by atoms with Gasteiger partial charge in [0, 0.05) is 31.3 Å². The summed E-state index contributed by atoms with van der Waals surface area (Å²) >= 11 is 0. The van der Waals surface area contributed by atoms with Gasteiger partial charge in [-0.3, -0.25) is 9.59 Å². The van der Waals surface area contributed by atoms with Crippen molar-refractivity contribution in [3.8, 4) is 5.75 Å². The Kier molecular flexibility index (Phi) is 5.33. The summed E-state index contributed by atoms with van der Waals surface area (Å²) in [6.45, 7) is 1.55. The first kappa shape index (κ1) is 20.1. The molecular weight excluding hydrogens is 408 g/mol. The number of nitrogens with one attached hydrogen (secondary N) is 1. The van der Waals surface area contributed by atoms with Gasteiger partial charge < -0.3 is 20.4 Å². The highest BCUT2D eigenvalue weighted by atomic mass is 32.2. The third kappa shape index (κ3) is 4.23. The Bertz CT molecular complexity index is 1150. The highest BCUT2D eigenvalue weighted by molar-refractivity contribution is 7.89. The number of H-pyrrole nitrogens is 1. The van der Waals surface area contributed by atoms with Crippen LogP contribution in [0.15, 0.2) is 45.7 Å². The number of sulfonamides is 1. The third-order valence-electron chi connectivity index (χ3n) is 5.26. The Morgan fingerprint density at radius 2 is 2.13 bits per heavy atom. The number of piperidine rings is 1. The molecule has 30 heavy (non-hydrogen) atoms. The first-order chi connectivity index (χ1) is 14.3. The molecule has 1 saturated heterocycles. The van der Waals surface area contributed by atoms with Crippen molar-refractivity contribution in [2.45, 2.75) is 18.6 Å². The van der Waals surface area contributed by atoms with Gasteiger partial charge in [-0.15, -0.1) is 4.40 Å². The van der Waals surface area contributed by atoms with E-state index in [1.165, 1.54) is 18.3 Å². The molecular formula is C20H22N4O5S. The SMILES string of the molecule is NC1=NS(=O)(=O)Cc2cccc(OC[C@H]3CCCN(C(=O)c4ccc(=O)[nH]c4)C3)c21. The number of rotatable bonds is 4. The molecule has 0 unspecified atom stereocenters. The number of nitrogens with zero attached hydrogens (tertiary/aromatic N) is 2. The second-order valence-electron chi connectivity index (χ2n) is 7.51. The number of amides is 1. The molecule has 9 nitrogen and oxygen atoms in total. The molecule has 2 aromatic rings. The summed E-state index contributed by atoms with van der Waals surface area (Å²) in [4.78, 5) is 28.2. The molecule has 0 bridgehead atoms. The zero-order valence-corrected chi connectivity index (χ0v) is 17.0. The largest absolute Gasteiger partial charge is 0.492 e. The second kappa shape index (κ2) is 7.94. The summed E-state index contributed by atoms with van der Waals surface area (Å²) in [6, 6.07) is 8.03. The van der Waals surface area contributed by atoms with E-state index in [0.717, 1.165) is 12.8 Å². The predicted octanol–water partition coefficient (Wildman–Crippen LogP) is 0.855. The van der Waals surface area contributed by atoms with Crippen LogP contribution < -0.4 is 16.0 Å². The number of nitrogens with two attached hydrogens (primary N) is 1. The van der Waals surface area contributed by atoms with Gasteiger partial charge in [-0.1, -0.05) is 12.1 Å². The van der Waals surface area contributed by atoms with E-state index in [1.807, 2.05) is 0 Å². The fourth-order valence-electron chi connectivity index (χ4n) is 3.85. The number of amidine groups is 1. The van der Waals surface area contributed by atoms with E-state index >= 15 is 0 Å². The van der Waals surface area contributed by atoms with Gasteiger partial charge in [0.2, 0.25) is 5.56 Å². The monoisotopic (exact) mass is 430 g/mol. The normalized spacial score (nSPS) is 20.2. The first-order valence-electron chi connectivity index (χ1n) is 9.63. The number of carbonyl (C=O) groups excluding carboxylic acids is 1. The average Bonchev–Trinajstić information content (AvgIpc) is 2.71. The highest BCUT2D eigenvalue weighted by Gasteiger charge is 2.27. The van der Waals surface area contributed by atoms with Crippen LogP contribution in [0.3, 0.4) is 0 Å². The molecule has 1 aromatic carbocycles. The Labute approximate surface area is 173 Å². The minimum atomic E-state index is -3.60. The summed E-state index contributed by atoms with van der Waals surface area (Å²) < 4.78 is 33.2. The number of likely N-dealkylation sites (tertiary alicyclic amines) is 1. The summed E-state index contributed by atoms with van der Waals surface area (Å²) in [6.07, 6.45) is 3.18. The van der Waals surface area contributed by atoms with Crippen LogP contribution in [-0.2, 0) is 15.8 Å². The van der Waals surface area contributed by atoms with Crippen LogP contribution in [0.25, 0.3) is 0 Å². The summed E-state index contributed by atoms with van der Waals surface area (Å²) in [5.74, 6) is 0.213. The van der Waals surface area contributed by atoms with Gasteiger partial charge in [0.15, 0.2) is 0 Å². The zero-order chi connectivity index (χ0) is 21.3. The number of aromatic amines is 1. The summed E-state index contributed by atoms with van der Waals surface area (Å²) in [7, 11) is -3.60. The fourth-order valence-corrected chi connectivity index (χ4v) is 4.94. The molecule has 4 rings (SSSR count). The lowest BCUT2D eigenvalue weighted by atomic mass is 9.98. The topological polar surface area (TPSA) is 135 Å². The molecule has 0 aliphatic carbocycles. The molecule has 2 aliphatic rings. The second-order valence-corrected chi connectivity index (χ2v) is 9.14. The molecule has 3 heterocycles. The van der Waals surface area contributed by atoms with Crippen LogP contribution in [0.5, 0.6) is 5.75 Å². The molecule has 1 fully saturated rings. The van der Waals surface area contributed by atoms with Gasteiger partial charge in [0.1, 0.15) is 11.6 Å². The number of carbonyl (C=O) groups is 1. The molecule has 2 aliphatic heterocycles. The number of pyridine rings is 1. The maximum atomic E-state index is 12.7. The summed E-state index contributed by atoms with van der Waals surface area (Å²) in [5.41, 5.74) is 7.16. The van der Waals surface area contributed by atoms with Crippen molar-refractivity contribution < 1.29 is 17.9 Å². The van der Waals surface area contributed by atoms with Crippen molar-refractivity contribution in [3.05, 3.63) is 63.6 Å². The smallest absolute Gasteiger partial charge is 0.259 e. The molecule has 0 radical (unpaired) electrons. The minimum absolute atomic E-state index is 0.0645. The van der Waals surface area contributed by atoms with Crippen molar-refractivity contribution in [1.29, 1.82) is 0 Å². The van der Waals surface area contributed by atoms with Gasteiger partial charge in [-0.05, 0) is 30.5 Å². The van der Waals surface area contributed by atoms with Gasteiger partial charge in [-0.2, -0.15) is 0 Å². The van der Waals surface area contributed by atoms with Crippen LogP contribution in [0.2, 0.25) is 0 Å². The lowest BCUT2D eigenvalue weighted by molar-refractivity contribution is 0.0633. The Morgan fingerprint density at radius 1 is 1.30 bits per heavy atom. The highest BCUT2D eigenvalue weighted by Crippen LogP contribution is 2.29. The fraction of sp³-hybridized carbons (Fsp3) is 0.350. The molecule has 1 amide bonds. The molecule has 10 heteroatoms. The lowest BCUT2D eigenvalue weighted by Gasteiger charge is -2.33. The number of fused-ring (bicyclic) bond motifs is 1. The zero-order valence-electron chi connectivity index (χ0n) is 16.2. The standard InChI is InChI=1S/C20H22N4O5S/c21-19-18-15(12-30(27,28)23-19)4-1-5-16(18)29-11-13-3-2-8-24(10-13)20(26)14-6-7-17(25)22-9-14/h1,4-7,9,13H,2-3,8,10-12H2,(H2,21,23)(H,22,25)/t13-/m0/s1.